The van der Waals surface area contributed by atoms with Gasteiger partial charge in [-0.25, -0.2) is 0 Å². The smallest absolute Gasteiger partial charge is 0.0388 e. The van der Waals surface area contributed by atoms with E-state index in [1.165, 1.54) is 36.9 Å². The number of anilines is 1. The number of para-hydroxylation sites is 1. The Labute approximate surface area is 129 Å². The van der Waals surface area contributed by atoms with Gasteiger partial charge in [0, 0.05) is 18.3 Å². The monoisotopic (exact) mass is 289 g/mol. The fourth-order valence-corrected chi connectivity index (χ4v) is 3.37. The van der Waals surface area contributed by atoms with Gasteiger partial charge in [-0.15, -0.1) is 0 Å². The van der Waals surface area contributed by atoms with Crippen molar-refractivity contribution < 1.29 is 0 Å². The van der Waals surface area contributed by atoms with Crippen molar-refractivity contribution in [2.75, 3.05) is 25.0 Å². The molecule has 3 nitrogen and oxygen atoms in total. The topological polar surface area (TPSA) is 41.3 Å². The van der Waals surface area contributed by atoms with Crippen molar-refractivity contribution in [1.29, 1.82) is 0 Å². The second-order valence-electron chi connectivity index (χ2n) is 6.15. The highest BCUT2D eigenvalue weighted by Crippen LogP contribution is 2.28. The first-order valence-corrected chi connectivity index (χ1v) is 8.55. The SMILES string of the molecule is CCN(CC)Cc1ccccc1NC1CCCCC1CN. The van der Waals surface area contributed by atoms with Crippen LogP contribution in [-0.2, 0) is 6.54 Å². The number of benzene rings is 1. The van der Waals surface area contributed by atoms with Gasteiger partial charge < -0.3 is 11.1 Å². The van der Waals surface area contributed by atoms with Gasteiger partial charge in [0.2, 0.25) is 0 Å². The molecule has 0 aromatic heterocycles. The Morgan fingerprint density at radius 1 is 1.14 bits per heavy atom. The van der Waals surface area contributed by atoms with E-state index in [0.717, 1.165) is 26.2 Å². The van der Waals surface area contributed by atoms with Gasteiger partial charge >= 0.3 is 0 Å². The van der Waals surface area contributed by atoms with Crippen LogP contribution in [0, 0.1) is 5.92 Å². The summed E-state index contributed by atoms with van der Waals surface area (Å²) in [5.41, 5.74) is 8.67. The highest BCUT2D eigenvalue weighted by Gasteiger charge is 2.24. The highest BCUT2D eigenvalue weighted by molar-refractivity contribution is 5.52. The lowest BCUT2D eigenvalue weighted by atomic mass is 9.84. The van der Waals surface area contributed by atoms with E-state index in [-0.39, 0.29) is 0 Å². The van der Waals surface area contributed by atoms with E-state index in [2.05, 4.69) is 48.3 Å². The van der Waals surface area contributed by atoms with Crippen LogP contribution in [0.2, 0.25) is 0 Å². The number of hydrogen-bond donors (Lipinski definition) is 2. The van der Waals surface area contributed by atoms with Crippen molar-refractivity contribution in [1.82, 2.24) is 4.90 Å². The first-order chi connectivity index (χ1) is 10.3. The van der Waals surface area contributed by atoms with Crippen LogP contribution >= 0.6 is 0 Å². The molecule has 1 aromatic carbocycles. The third kappa shape index (κ3) is 4.45. The minimum atomic E-state index is 0.543. The lowest BCUT2D eigenvalue weighted by molar-refractivity contribution is 0.295. The summed E-state index contributed by atoms with van der Waals surface area (Å²) in [5.74, 6) is 0.625. The van der Waals surface area contributed by atoms with Crippen LogP contribution in [0.25, 0.3) is 0 Å². The highest BCUT2D eigenvalue weighted by atomic mass is 15.1. The second kappa shape index (κ2) is 8.40. The molecule has 0 bridgehead atoms. The zero-order valence-electron chi connectivity index (χ0n) is 13.6. The number of hydrogen-bond acceptors (Lipinski definition) is 3. The van der Waals surface area contributed by atoms with Gasteiger partial charge in [0.15, 0.2) is 0 Å². The summed E-state index contributed by atoms with van der Waals surface area (Å²) >= 11 is 0. The molecule has 0 saturated heterocycles. The summed E-state index contributed by atoms with van der Waals surface area (Å²) in [6, 6.07) is 9.29. The standard InChI is InChI=1S/C18H31N3/c1-3-21(4-2)14-16-10-6-8-12-18(16)20-17-11-7-5-9-15(17)13-19/h6,8,10,12,15,17,20H,3-5,7,9,11,13-14,19H2,1-2H3. The molecule has 0 amide bonds. The quantitative estimate of drug-likeness (QED) is 0.807. The van der Waals surface area contributed by atoms with E-state index in [1.54, 1.807) is 0 Å². The van der Waals surface area contributed by atoms with Gasteiger partial charge in [-0.3, -0.25) is 4.90 Å². The van der Waals surface area contributed by atoms with E-state index in [0.29, 0.717) is 12.0 Å². The van der Waals surface area contributed by atoms with Crippen LogP contribution in [-0.4, -0.2) is 30.6 Å². The van der Waals surface area contributed by atoms with Crippen molar-refractivity contribution in [3.8, 4) is 0 Å². The van der Waals surface area contributed by atoms with Gasteiger partial charge in [0.25, 0.3) is 0 Å². The van der Waals surface area contributed by atoms with Gasteiger partial charge in [-0.2, -0.15) is 0 Å². The Balaban J connectivity index is 2.08. The number of nitrogens with zero attached hydrogens (tertiary/aromatic N) is 1. The van der Waals surface area contributed by atoms with Crippen molar-refractivity contribution in [2.45, 2.75) is 52.1 Å². The molecular formula is C18H31N3. The minimum Gasteiger partial charge on any atom is -0.382 e. The maximum Gasteiger partial charge on any atom is 0.0388 e. The van der Waals surface area contributed by atoms with Gasteiger partial charge in [0.05, 0.1) is 0 Å². The zero-order valence-corrected chi connectivity index (χ0v) is 13.6. The molecule has 0 radical (unpaired) electrons. The fourth-order valence-electron chi connectivity index (χ4n) is 3.37. The molecular weight excluding hydrogens is 258 g/mol. The Hall–Kier alpha value is -1.06. The van der Waals surface area contributed by atoms with E-state index in [1.807, 2.05) is 0 Å². The zero-order chi connectivity index (χ0) is 15.1. The Kier molecular flexibility index (Phi) is 6.52. The van der Waals surface area contributed by atoms with E-state index >= 15 is 0 Å². The molecule has 1 aromatic rings. The van der Waals surface area contributed by atoms with Crippen LogP contribution in [0.3, 0.4) is 0 Å². The van der Waals surface area contributed by atoms with Crippen molar-refractivity contribution in [3.63, 3.8) is 0 Å². The summed E-state index contributed by atoms with van der Waals surface area (Å²) in [6.07, 6.45) is 5.18. The number of rotatable bonds is 7. The lowest BCUT2D eigenvalue weighted by Crippen LogP contribution is -2.37. The molecule has 21 heavy (non-hydrogen) atoms. The van der Waals surface area contributed by atoms with Crippen molar-refractivity contribution in [2.24, 2.45) is 11.7 Å². The predicted molar refractivity (Wildman–Crippen MR) is 91.5 cm³/mol. The average molecular weight is 289 g/mol. The molecule has 118 valence electrons. The molecule has 0 heterocycles. The minimum absolute atomic E-state index is 0.543. The second-order valence-corrected chi connectivity index (χ2v) is 6.15. The lowest BCUT2D eigenvalue weighted by Gasteiger charge is -2.33. The number of nitrogens with two attached hydrogens (primary N) is 1. The largest absolute Gasteiger partial charge is 0.382 e. The van der Waals surface area contributed by atoms with Gasteiger partial charge in [0.1, 0.15) is 0 Å². The summed E-state index contributed by atoms with van der Waals surface area (Å²) in [7, 11) is 0. The normalized spacial score (nSPS) is 22.5. The Morgan fingerprint density at radius 3 is 2.57 bits per heavy atom. The van der Waals surface area contributed by atoms with Crippen LogP contribution in [0.4, 0.5) is 5.69 Å². The first-order valence-electron chi connectivity index (χ1n) is 8.55. The maximum atomic E-state index is 5.96. The fraction of sp³-hybridized carbons (Fsp3) is 0.667. The summed E-state index contributed by atoms with van der Waals surface area (Å²) < 4.78 is 0. The molecule has 0 aliphatic heterocycles. The molecule has 1 saturated carbocycles. The Bertz CT molecular complexity index is 415. The summed E-state index contributed by atoms with van der Waals surface area (Å²) in [4.78, 5) is 2.46. The maximum absolute atomic E-state index is 5.96. The molecule has 1 aliphatic rings. The van der Waals surface area contributed by atoms with E-state index < -0.39 is 0 Å². The molecule has 0 spiro atoms. The van der Waals surface area contributed by atoms with Crippen LogP contribution < -0.4 is 11.1 Å². The third-order valence-corrected chi connectivity index (χ3v) is 4.86. The van der Waals surface area contributed by atoms with Gasteiger partial charge in [-0.1, -0.05) is 44.9 Å². The molecule has 3 heteroatoms. The Morgan fingerprint density at radius 2 is 1.86 bits per heavy atom. The first kappa shape index (κ1) is 16.3. The third-order valence-electron chi connectivity index (χ3n) is 4.86. The molecule has 1 fully saturated rings. The van der Waals surface area contributed by atoms with Crippen LogP contribution in [0.15, 0.2) is 24.3 Å². The van der Waals surface area contributed by atoms with Crippen LogP contribution in [0.5, 0.6) is 0 Å². The van der Waals surface area contributed by atoms with Crippen LogP contribution in [0.1, 0.15) is 45.1 Å². The summed E-state index contributed by atoms with van der Waals surface area (Å²) in [5, 5.41) is 3.80. The summed E-state index contributed by atoms with van der Waals surface area (Å²) in [6.45, 7) is 8.47. The van der Waals surface area contributed by atoms with Gasteiger partial charge in [-0.05, 0) is 50.0 Å². The molecule has 2 unspecified atom stereocenters. The molecule has 3 N–H and O–H groups in total. The van der Waals surface area contributed by atoms with Crippen molar-refractivity contribution >= 4 is 5.69 Å². The molecule has 2 rings (SSSR count). The number of nitrogens with one attached hydrogen (secondary N) is 1. The van der Waals surface area contributed by atoms with Crippen molar-refractivity contribution in [3.05, 3.63) is 29.8 Å². The van der Waals surface area contributed by atoms with E-state index in [9.17, 15) is 0 Å². The molecule has 1 aliphatic carbocycles. The van der Waals surface area contributed by atoms with E-state index in [4.69, 9.17) is 5.73 Å². The average Bonchev–Trinajstić information content (AvgIpc) is 2.54. The predicted octanol–water partition coefficient (Wildman–Crippen LogP) is 3.46. The molecule has 2 atom stereocenters.